The van der Waals surface area contributed by atoms with E-state index in [0.717, 1.165) is 32.1 Å². The fraction of sp³-hybridized carbons (Fsp3) is 0.929. The number of hydrogen-bond acceptors (Lipinski definition) is 3. The summed E-state index contributed by atoms with van der Waals surface area (Å²) in [5.41, 5.74) is 6.21. The SMILES string of the molecule is NC1CCCC2CN(CC(=O)N3CCCC3)CC12. The summed E-state index contributed by atoms with van der Waals surface area (Å²) in [5, 5.41) is 0. The first-order chi connectivity index (χ1) is 8.74. The summed E-state index contributed by atoms with van der Waals surface area (Å²) in [4.78, 5) is 16.5. The molecule has 0 aromatic rings. The van der Waals surface area contributed by atoms with E-state index in [1.165, 1.54) is 32.1 Å². The lowest BCUT2D eigenvalue weighted by atomic mass is 9.78. The van der Waals surface area contributed by atoms with Crippen molar-refractivity contribution in [3.63, 3.8) is 0 Å². The number of fused-ring (bicyclic) bond motifs is 1. The van der Waals surface area contributed by atoms with E-state index in [0.29, 0.717) is 24.4 Å². The first kappa shape index (κ1) is 12.4. The van der Waals surface area contributed by atoms with Crippen molar-refractivity contribution < 1.29 is 4.79 Å². The summed E-state index contributed by atoms with van der Waals surface area (Å²) in [6, 6.07) is 0.371. The van der Waals surface area contributed by atoms with Crippen molar-refractivity contribution in [1.29, 1.82) is 0 Å². The minimum Gasteiger partial charge on any atom is -0.342 e. The van der Waals surface area contributed by atoms with Crippen molar-refractivity contribution in [2.75, 3.05) is 32.7 Å². The predicted octanol–water partition coefficient (Wildman–Crippen LogP) is 0.668. The highest BCUT2D eigenvalue weighted by Gasteiger charge is 2.39. The summed E-state index contributed by atoms with van der Waals surface area (Å²) in [6.07, 6.45) is 6.13. The van der Waals surface area contributed by atoms with E-state index in [-0.39, 0.29) is 0 Å². The molecule has 3 atom stereocenters. The highest BCUT2D eigenvalue weighted by molar-refractivity contribution is 5.78. The fourth-order valence-electron chi connectivity index (χ4n) is 4.00. The number of rotatable bonds is 2. The number of hydrogen-bond donors (Lipinski definition) is 1. The quantitative estimate of drug-likeness (QED) is 0.784. The van der Waals surface area contributed by atoms with Crippen molar-refractivity contribution in [3.05, 3.63) is 0 Å². The fourth-order valence-corrected chi connectivity index (χ4v) is 4.00. The van der Waals surface area contributed by atoms with Crippen LogP contribution in [0.1, 0.15) is 32.1 Å². The van der Waals surface area contributed by atoms with E-state index in [9.17, 15) is 4.79 Å². The molecule has 2 heterocycles. The molecule has 2 aliphatic heterocycles. The van der Waals surface area contributed by atoms with Crippen molar-refractivity contribution >= 4 is 5.91 Å². The van der Waals surface area contributed by atoms with E-state index < -0.39 is 0 Å². The molecule has 3 fully saturated rings. The zero-order chi connectivity index (χ0) is 12.5. The Morgan fingerprint density at radius 1 is 1.11 bits per heavy atom. The van der Waals surface area contributed by atoms with Crippen LogP contribution in [-0.4, -0.2) is 54.5 Å². The van der Waals surface area contributed by atoms with Crippen molar-refractivity contribution in [3.8, 4) is 0 Å². The average Bonchev–Trinajstić information content (AvgIpc) is 2.97. The van der Waals surface area contributed by atoms with Crippen LogP contribution < -0.4 is 5.73 Å². The number of nitrogens with zero attached hydrogens (tertiary/aromatic N) is 2. The van der Waals surface area contributed by atoms with Crippen LogP contribution in [0.2, 0.25) is 0 Å². The lowest BCUT2D eigenvalue weighted by molar-refractivity contribution is -0.131. The molecule has 2 saturated heterocycles. The topological polar surface area (TPSA) is 49.6 Å². The van der Waals surface area contributed by atoms with E-state index in [2.05, 4.69) is 4.90 Å². The summed E-state index contributed by atoms with van der Waals surface area (Å²) < 4.78 is 0. The van der Waals surface area contributed by atoms with Crippen molar-refractivity contribution in [2.24, 2.45) is 17.6 Å². The molecule has 0 radical (unpaired) electrons. The number of amides is 1. The molecular formula is C14H25N3O. The van der Waals surface area contributed by atoms with E-state index in [4.69, 9.17) is 5.73 Å². The molecule has 3 unspecified atom stereocenters. The third-order valence-electron chi connectivity index (χ3n) is 5.05. The molecule has 0 aromatic heterocycles. The van der Waals surface area contributed by atoms with Gasteiger partial charge in [-0.2, -0.15) is 0 Å². The van der Waals surface area contributed by atoms with Gasteiger partial charge >= 0.3 is 0 Å². The summed E-state index contributed by atoms with van der Waals surface area (Å²) in [5.74, 6) is 1.73. The summed E-state index contributed by atoms with van der Waals surface area (Å²) >= 11 is 0. The second-order valence-corrected chi connectivity index (χ2v) is 6.30. The Hall–Kier alpha value is -0.610. The molecule has 4 nitrogen and oxygen atoms in total. The zero-order valence-corrected chi connectivity index (χ0v) is 11.2. The van der Waals surface area contributed by atoms with Gasteiger partial charge in [-0.15, -0.1) is 0 Å². The van der Waals surface area contributed by atoms with Gasteiger partial charge in [-0.05, 0) is 37.5 Å². The lowest BCUT2D eigenvalue weighted by Gasteiger charge is -2.29. The van der Waals surface area contributed by atoms with Crippen LogP contribution in [0.3, 0.4) is 0 Å². The molecule has 18 heavy (non-hydrogen) atoms. The molecule has 102 valence electrons. The van der Waals surface area contributed by atoms with E-state index in [1.54, 1.807) is 0 Å². The van der Waals surface area contributed by atoms with Crippen LogP contribution in [0.4, 0.5) is 0 Å². The zero-order valence-electron chi connectivity index (χ0n) is 11.2. The van der Waals surface area contributed by atoms with Gasteiger partial charge in [0.2, 0.25) is 5.91 Å². The van der Waals surface area contributed by atoms with Crippen LogP contribution in [0, 0.1) is 11.8 Å². The van der Waals surface area contributed by atoms with Gasteiger partial charge in [0.15, 0.2) is 0 Å². The van der Waals surface area contributed by atoms with Gasteiger partial charge in [-0.3, -0.25) is 9.69 Å². The normalized spacial score (nSPS) is 36.9. The van der Waals surface area contributed by atoms with Gasteiger partial charge in [-0.1, -0.05) is 6.42 Å². The van der Waals surface area contributed by atoms with Crippen LogP contribution in [-0.2, 0) is 4.79 Å². The highest BCUT2D eigenvalue weighted by atomic mass is 16.2. The smallest absolute Gasteiger partial charge is 0.236 e. The largest absolute Gasteiger partial charge is 0.342 e. The molecule has 1 amide bonds. The Morgan fingerprint density at radius 3 is 2.61 bits per heavy atom. The molecule has 2 N–H and O–H groups in total. The molecule has 3 rings (SSSR count). The minimum absolute atomic E-state index is 0.333. The lowest BCUT2D eigenvalue weighted by Crippen LogP contribution is -2.40. The first-order valence-corrected chi connectivity index (χ1v) is 7.50. The number of nitrogens with two attached hydrogens (primary N) is 1. The maximum absolute atomic E-state index is 12.1. The van der Waals surface area contributed by atoms with Crippen LogP contribution >= 0.6 is 0 Å². The van der Waals surface area contributed by atoms with Crippen LogP contribution in [0.25, 0.3) is 0 Å². The monoisotopic (exact) mass is 251 g/mol. The Morgan fingerprint density at radius 2 is 1.89 bits per heavy atom. The van der Waals surface area contributed by atoms with Gasteiger partial charge < -0.3 is 10.6 Å². The first-order valence-electron chi connectivity index (χ1n) is 7.50. The molecule has 1 saturated carbocycles. The Kier molecular flexibility index (Phi) is 3.57. The van der Waals surface area contributed by atoms with Gasteiger partial charge in [0.05, 0.1) is 6.54 Å². The number of carbonyl (C=O) groups excluding carboxylic acids is 1. The van der Waals surface area contributed by atoms with Crippen LogP contribution in [0.5, 0.6) is 0 Å². The molecule has 0 aromatic carbocycles. The third kappa shape index (κ3) is 2.41. The maximum atomic E-state index is 12.1. The van der Waals surface area contributed by atoms with E-state index >= 15 is 0 Å². The maximum Gasteiger partial charge on any atom is 0.236 e. The second kappa shape index (κ2) is 5.17. The molecule has 0 spiro atoms. The van der Waals surface area contributed by atoms with Gasteiger partial charge in [0, 0.05) is 32.2 Å². The Labute approximate surface area is 109 Å². The molecule has 4 heteroatoms. The molecule has 3 aliphatic rings. The number of carbonyl (C=O) groups is 1. The number of likely N-dealkylation sites (tertiary alicyclic amines) is 2. The Balaban J connectivity index is 1.53. The van der Waals surface area contributed by atoms with Crippen molar-refractivity contribution in [1.82, 2.24) is 9.80 Å². The van der Waals surface area contributed by atoms with Gasteiger partial charge in [0.1, 0.15) is 0 Å². The van der Waals surface area contributed by atoms with Crippen LogP contribution in [0.15, 0.2) is 0 Å². The van der Waals surface area contributed by atoms with Gasteiger partial charge in [-0.25, -0.2) is 0 Å². The predicted molar refractivity (Wildman–Crippen MR) is 71.1 cm³/mol. The standard InChI is InChI=1S/C14H25N3O/c15-13-5-3-4-11-8-16(9-12(11)13)10-14(18)17-6-1-2-7-17/h11-13H,1-10,15H2. The average molecular weight is 251 g/mol. The highest BCUT2D eigenvalue weighted by Crippen LogP contribution is 2.35. The minimum atomic E-state index is 0.333. The van der Waals surface area contributed by atoms with E-state index in [1.807, 2.05) is 4.90 Å². The molecule has 1 aliphatic carbocycles. The Bertz CT molecular complexity index is 314. The summed E-state index contributed by atoms with van der Waals surface area (Å²) in [6.45, 7) is 4.71. The molecular weight excluding hydrogens is 226 g/mol. The molecule has 0 bridgehead atoms. The summed E-state index contributed by atoms with van der Waals surface area (Å²) in [7, 11) is 0. The third-order valence-corrected chi connectivity index (χ3v) is 5.05. The van der Waals surface area contributed by atoms with Crippen molar-refractivity contribution in [2.45, 2.75) is 38.1 Å². The second-order valence-electron chi connectivity index (χ2n) is 6.30. The van der Waals surface area contributed by atoms with Gasteiger partial charge in [0.25, 0.3) is 0 Å².